The SMILES string of the molecule is O=C1CCCN1Cc1ccc(CNC(=S)Nc2ccc(Br)c(Cl)c2)cc1. The van der Waals surface area contributed by atoms with E-state index in [-0.39, 0.29) is 5.91 Å². The second kappa shape index (κ2) is 8.84. The van der Waals surface area contributed by atoms with Crippen molar-refractivity contribution in [3.8, 4) is 0 Å². The molecule has 2 aromatic carbocycles. The molecule has 0 aliphatic carbocycles. The van der Waals surface area contributed by atoms with Crippen LogP contribution in [0.2, 0.25) is 5.02 Å². The zero-order valence-corrected chi connectivity index (χ0v) is 17.3. The second-order valence-electron chi connectivity index (χ2n) is 6.17. The van der Waals surface area contributed by atoms with E-state index in [1.807, 2.05) is 23.1 Å². The number of rotatable bonds is 5. The molecule has 136 valence electrons. The number of carbonyl (C=O) groups excluding carboxylic acids is 1. The van der Waals surface area contributed by atoms with E-state index < -0.39 is 0 Å². The van der Waals surface area contributed by atoms with Crippen molar-refractivity contribution in [3.63, 3.8) is 0 Å². The van der Waals surface area contributed by atoms with Gasteiger partial charge >= 0.3 is 0 Å². The van der Waals surface area contributed by atoms with Crippen LogP contribution < -0.4 is 10.6 Å². The van der Waals surface area contributed by atoms with Crippen LogP contribution in [0.1, 0.15) is 24.0 Å². The summed E-state index contributed by atoms with van der Waals surface area (Å²) in [6.45, 7) is 2.18. The Morgan fingerprint density at radius 3 is 2.58 bits per heavy atom. The lowest BCUT2D eigenvalue weighted by Gasteiger charge is -2.16. The number of amides is 1. The van der Waals surface area contributed by atoms with Crippen LogP contribution in [0.5, 0.6) is 0 Å². The van der Waals surface area contributed by atoms with Gasteiger partial charge in [-0.3, -0.25) is 4.79 Å². The van der Waals surface area contributed by atoms with E-state index in [1.165, 1.54) is 0 Å². The molecule has 0 bridgehead atoms. The Bertz CT molecular complexity index is 813. The Hall–Kier alpha value is -1.63. The van der Waals surface area contributed by atoms with Gasteiger partial charge in [0.2, 0.25) is 5.91 Å². The van der Waals surface area contributed by atoms with Crippen molar-refractivity contribution in [2.24, 2.45) is 0 Å². The maximum atomic E-state index is 11.7. The maximum absolute atomic E-state index is 11.7. The molecule has 0 unspecified atom stereocenters. The van der Waals surface area contributed by atoms with Crippen molar-refractivity contribution < 1.29 is 4.79 Å². The molecule has 1 fully saturated rings. The fourth-order valence-electron chi connectivity index (χ4n) is 2.79. The first kappa shape index (κ1) is 19.1. The van der Waals surface area contributed by atoms with Crippen LogP contribution in [-0.4, -0.2) is 22.5 Å². The molecule has 0 spiro atoms. The van der Waals surface area contributed by atoms with E-state index in [4.69, 9.17) is 23.8 Å². The summed E-state index contributed by atoms with van der Waals surface area (Å²) in [4.78, 5) is 13.6. The summed E-state index contributed by atoms with van der Waals surface area (Å²) in [5.74, 6) is 0.250. The van der Waals surface area contributed by atoms with Gasteiger partial charge in [-0.05, 0) is 63.9 Å². The highest BCUT2D eigenvalue weighted by atomic mass is 79.9. The van der Waals surface area contributed by atoms with Crippen LogP contribution in [0.15, 0.2) is 46.9 Å². The quantitative estimate of drug-likeness (QED) is 0.645. The van der Waals surface area contributed by atoms with E-state index >= 15 is 0 Å². The molecule has 0 atom stereocenters. The minimum atomic E-state index is 0.250. The van der Waals surface area contributed by atoms with Crippen LogP contribution >= 0.6 is 39.7 Å². The summed E-state index contributed by atoms with van der Waals surface area (Å²) in [5.41, 5.74) is 3.11. The average molecular weight is 453 g/mol. The van der Waals surface area contributed by atoms with Crippen molar-refractivity contribution >= 4 is 56.5 Å². The first-order valence-electron chi connectivity index (χ1n) is 8.37. The number of hydrogen-bond acceptors (Lipinski definition) is 2. The zero-order valence-electron chi connectivity index (χ0n) is 14.1. The highest BCUT2D eigenvalue weighted by Gasteiger charge is 2.19. The van der Waals surface area contributed by atoms with Crippen LogP contribution in [0.25, 0.3) is 0 Å². The van der Waals surface area contributed by atoms with Crippen molar-refractivity contribution in [2.75, 3.05) is 11.9 Å². The second-order valence-corrected chi connectivity index (χ2v) is 7.84. The molecule has 1 aliphatic rings. The number of carbonyl (C=O) groups is 1. The number of hydrogen-bond donors (Lipinski definition) is 2. The Kier molecular flexibility index (Phi) is 6.51. The molecule has 1 aliphatic heterocycles. The molecule has 0 aromatic heterocycles. The smallest absolute Gasteiger partial charge is 0.222 e. The summed E-state index contributed by atoms with van der Waals surface area (Å²) < 4.78 is 0.847. The molecular weight excluding hydrogens is 434 g/mol. The topological polar surface area (TPSA) is 44.4 Å². The Morgan fingerprint density at radius 2 is 1.92 bits per heavy atom. The van der Waals surface area contributed by atoms with Crippen LogP contribution in [-0.2, 0) is 17.9 Å². The molecule has 1 amide bonds. The highest BCUT2D eigenvalue weighted by molar-refractivity contribution is 9.10. The van der Waals surface area contributed by atoms with E-state index in [0.29, 0.717) is 29.6 Å². The molecular formula is C19H19BrClN3OS. The van der Waals surface area contributed by atoms with E-state index in [1.54, 1.807) is 0 Å². The minimum absolute atomic E-state index is 0.250. The van der Waals surface area contributed by atoms with E-state index in [0.717, 1.165) is 34.3 Å². The van der Waals surface area contributed by atoms with Crippen molar-refractivity contribution in [3.05, 3.63) is 63.1 Å². The van der Waals surface area contributed by atoms with Gasteiger partial charge in [-0.15, -0.1) is 0 Å². The fraction of sp³-hybridized carbons (Fsp3) is 0.263. The summed E-state index contributed by atoms with van der Waals surface area (Å²) in [6, 6.07) is 13.8. The molecule has 1 saturated heterocycles. The Balaban J connectivity index is 1.48. The summed E-state index contributed by atoms with van der Waals surface area (Å²) in [5, 5.41) is 7.46. The van der Waals surface area contributed by atoms with Gasteiger partial charge in [0.05, 0.1) is 5.02 Å². The lowest BCUT2D eigenvalue weighted by atomic mass is 10.1. The highest BCUT2D eigenvalue weighted by Crippen LogP contribution is 2.25. The number of halogens is 2. The molecule has 0 saturated carbocycles. The lowest BCUT2D eigenvalue weighted by Crippen LogP contribution is -2.28. The minimum Gasteiger partial charge on any atom is -0.358 e. The van der Waals surface area contributed by atoms with Gasteiger partial charge in [0.25, 0.3) is 0 Å². The lowest BCUT2D eigenvalue weighted by molar-refractivity contribution is -0.128. The van der Waals surface area contributed by atoms with Crippen LogP contribution in [0, 0.1) is 0 Å². The van der Waals surface area contributed by atoms with Crippen molar-refractivity contribution in [2.45, 2.75) is 25.9 Å². The normalized spacial score (nSPS) is 13.8. The van der Waals surface area contributed by atoms with Gasteiger partial charge in [-0.25, -0.2) is 0 Å². The standard InChI is InChI=1S/C19H19BrClN3OS/c20-16-8-7-15(10-17(16)21)23-19(26)22-11-13-3-5-14(6-4-13)12-24-9-1-2-18(24)25/h3-8,10H,1-2,9,11-12H2,(H2,22,23,26). The van der Waals surface area contributed by atoms with Crippen molar-refractivity contribution in [1.82, 2.24) is 10.2 Å². The van der Waals surface area contributed by atoms with Gasteiger partial charge < -0.3 is 15.5 Å². The van der Waals surface area contributed by atoms with Gasteiger partial charge in [0.15, 0.2) is 5.11 Å². The number of nitrogens with zero attached hydrogens (tertiary/aromatic N) is 1. The first-order chi connectivity index (χ1) is 12.5. The monoisotopic (exact) mass is 451 g/mol. The van der Waals surface area contributed by atoms with Gasteiger partial charge in [0, 0.05) is 36.2 Å². The fourth-order valence-corrected chi connectivity index (χ4v) is 3.40. The van der Waals surface area contributed by atoms with Gasteiger partial charge in [-0.1, -0.05) is 35.9 Å². The van der Waals surface area contributed by atoms with Crippen LogP contribution in [0.4, 0.5) is 5.69 Å². The number of nitrogens with one attached hydrogen (secondary N) is 2. The Labute approximate surface area is 172 Å². The van der Waals surface area contributed by atoms with E-state index in [2.05, 4.69) is 50.8 Å². The predicted octanol–water partition coefficient (Wildman–Crippen LogP) is 4.71. The molecule has 3 rings (SSSR count). The largest absolute Gasteiger partial charge is 0.358 e. The molecule has 26 heavy (non-hydrogen) atoms. The third kappa shape index (κ3) is 5.19. The predicted molar refractivity (Wildman–Crippen MR) is 113 cm³/mol. The van der Waals surface area contributed by atoms with Gasteiger partial charge in [-0.2, -0.15) is 0 Å². The third-order valence-electron chi connectivity index (χ3n) is 4.20. The summed E-state index contributed by atoms with van der Waals surface area (Å²) >= 11 is 14.8. The number of benzene rings is 2. The number of likely N-dealkylation sites (tertiary alicyclic amines) is 1. The summed E-state index contributed by atoms with van der Waals surface area (Å²) in [6.07, 6.45) is 1.64. The van der Waals surface area contributed by atoms with E-state index in [9.17, 15) is 4.79 Å². The molecule has 2 N–H and O–H groups in total. The van der Waals surface area contributed by atoms with Crippen molar-refractivity contribution in [1.29, 1.82) is 0 Å². The summed E-state index contributed by atoms with van der Waals surface area (Å²) in [7, 11) is 0. The first-order valence-corrected chi connectivity index (χ1v) is 9.95. The molecule has 7 heteroatoms. The molecule has 0 radical (unpaired) electrons. The van der Waals surface area contributed by atoms with Crippen LogP contribution in [0.3, 0.4) is 0 Å². The third-order valence-corrected chi connectivity index (χ3v) is 5.68. The zero-order chi connectivity index (χ0) is 18.5. The molecule has 4 nitrogen and oxygen atoms in total. The maximum Gasteiger partial charge on any atom is 0.222 e. The van der Waals surface area contributed by atoms with Gasteiger partial charge in [0.1, 0.15) is 0 Å². The number of thiocarbonyl (C=S) groups is 1. The molecule has 2 aromatic rings. The number of anilines is 1. The molecule has 1 heterocycles. The Morgan fingerprint density at radius 1 is 1.19 bits per heavy atom. The average Bonchev–Trinajstić information content (AvgIpc) is 3.02.